The fourth-order valence-corrected chi connectivity index (χ4v) is 2.88. The second kappa shape index (κ2) is 4.74. The number of hydrogen-bond donors (Lipinski definition) is 1. The van der Waals surface area contributed by atoms with Gasteiger partial charge >= 0.3 is 0 Å². The van der Waals surface area contributed by atoms with Gasteiger partial charge in [-0.2, -0.15) is 0 Å². The zero-order valence-electron chi connectivity index (χ0n) is 9.58. The molecule has 2 N–H and O–H groups in total. The monoisotopic (exact) mass is 239 g/mol. The molecule has 1 saturated carbocycles. The SMILES string of the molecule is COC1(C(N)c2ccccc2Cl)CCCC1. The Morgan fingerprint density at radius 2 is 1.94 bits per heavy atom. The number of halogens is 1. The molecule has 0 radical (unpaired) electrons. The number of nitrogens with two attached hydrogens (primary N) is 1. The minimum absolute atomic E-state index is 0.131. The van der Waals surface area contributed by atoms with Gasteiger partial charge in [0.1, 0.15) is 0 Å². The van der Waals surface area contributed by atoms with Crippen LogP contribution in [-0.4, -0.2) is 12.7 Å². The van der Waals surface area contributed by atoms with Crippen molar-refractivity contribution < 1.29 is 4.74 Å². The lowest BCUT2D eigenvalue weighted by molar-refractivity contribution is -0.0264. The second-order valence-electron chi connectivity index (χ2n) is 4.48. The van der Waals surface area contributed by atoms with E-state index in [1.807, 2.05) is 24.3 Å². The Balaban J connectivity index is 2.30. The molecule has 1 unspecified atom stereocenters. The van der Waals surface area contributed by atoms with Gasteiger partial charge in [0, 0.05) is 12.1 Å². The van der Waals surface area contributed by atoms with E-state index in [9.17, 15) is 0 Å². The molecule has 0 aromatic heterocycles. The fraction of sp³-hybridized carbons (Fsp3) is 0.538. The van der Waals surface area contributed by atoms with E-state index in [1.54, 1.807) is 7.11 Å². The molecule has 0 amide bonds. The molecular weight excluding hydrogens is 222 g/mol. The van der Waals surface area contributed by atoms with Gasteiger partial charge in [-0.15, -0.1) is 0 Å². The maximum atomic E-state index is 6.34. The predicted molar refractivity (Wildman–Crippen MR) is 66.6 cm³/mol. The Bertz CT molecular complexity index is 361. The van der Waals surface area contributed by atoms with Crippen LogP contribution in [0.5, 0.6) is 0 Å². The van der Waals surface area contributed by atoms with Crippen molar-refractivity contribution >= 4 is 11.6 Å². The van der Waals surface area contributed by atoms with Crippen molar-refractivity contribution in [3.05, 3.63) is 34.9 Å². The first-order valence-corrected chi connectivity index (χ1v) is 6.12. The molecule has 1 aliphatic rings. The molecule has 0 bridgehead atoms. The molecule has 1 aromatic rings. The quantitative estimate of drug-likeness (QED) is 0.879. The van der Waals surface area contributed by atoms with Gasteiger partial charge in [0.05, 0.1) is 11.6 Å². The van der Waals surface area contributed by atoms with E-state index in [1.165, 1.54) is 12.8 Å². The third-order valence-electron chi connectivity index (χ3n) is 3.66. The van der Waals surface area contributed by atoms with Crippen molar-refractivity contribution in [3.63, 3.8) is 0 Å². The van der Waals surface area contributed by atoms with E-state index in [0.29, 0.717) is 0 Å². The number of benzene rings is 1. The topological polar surface area (TPSA) is 35.2 Å². The van der Waals surface area contributed by atoms with Gasteiger partial charge in [-0.25, -0.2) is 0 Å². The molecule has 1 fully saturated rings. The van der Waals surface area contributed by atoms with Crippen molar-refractivity contribution in [2.45, 2.75) is 37.3 Å². The van der Waals surface area contributed by atoms with Crippen LogP contribution >= 0.6 is 11.6 Å². The molecule has 0 heterocycles. The van der Waals surface area contributed by atoms with Crippen LogP contribution in [0.4, 0.5) is 0 Å². The average Bonchev–Trinajstić information content (AvgIpc) is 2.78. The van der Waals surface area contributed by atoms with Crippen LogP contribution in [0.2, 0.25) is 5.02 Å². The van der Waals surface area contributed by atoms with Crippen molar-refractivity contribution in [2.24, 2.45) is 5.73 Å². The summed E-state index contributed by atoms with van der Waals surface area (Å²) >= 11 is 6.18. The summed E-state index contributed by atoms with van der Waals surface area (Å²) in [5.74, 6) is 0. The minimum Gasteiger partial charge on any atom is -0.376 e. The standard InChI is InChI=1S/C13H18ClNO/c1-16-13(8-4-5-9-13)12(15)10-6-2-3-7-11(10)14/h2-3,6-7,12H,4-5,8-9,15H2,1H3. The molecule has 0 aliphatic heterocycles. The molecule has 16 heavy (non-hydrogen) atoms. The molecule has 0 saturated heterocycles. The lowest BCUT2D eigenvalue weighted by Crippen LogP contribution is -2.40. The second-order valence-corrected chi connectivity index (χ2v) is 4.88. The third-order valence-corrected chi connectivity index (χ3v) is 4.01. The zero-order valence-corrected chi connectivity index (χ0v) is 10.3. The average molecular weight is 240 g/mol. The molecule has 1 aromatic carbocycles. The van der Waals surface area contributed by atoms with E-state index in [4.69, 9.17) is 22.1 Å². The van der Waals surface area contributed by atoms with E-state index < -0.39 is 0 Å². The highest BCUT2D eigenvalue weighted by Crippen LogP contribution is 2.42. The maximum Gasteiger partial charge on any atom is 0.0870 e. The summed E-state index contributed by atoms with van der Waals surface area (Å²) < 4.78 is 5.69. The molecule has 0 spiro atoms. The Morgan fingerprint density at radius 1 is 1.31 bits per heavy atom. The smallest absolute Gasteiger partial charge is 0.0870 e. The molecule has 88 valence electrons. The number of methoxy groups -OCH3 is 1. The van der Waals surface area contributed by atoms with Gasteiger partial charge in [0.2, 0.25) is 0 Å². The lowest BCUT2D eigenvalue weighted by Gasteiger charge is -2.34. The summed E-state index contributed by atoms with van der Waals surface area (Å²) in [6.45, 7) is 0. The predicted octanol–water partition coefficient (Wildman–Crippen LogP) is 3.30. The first kappa shape index (κ1) is 11.9. The van der Waals surface area contributed by atoms with Crippen molar-refractivity contribution in [3.8, 4) is 0 Å². The summed E-state index contributed by atoms with van der Waals surface area (Å²) in [5.41, 5.74) is 7.11. The highest BCUT2D eigenvalue weighted by atomic mass is 35.5. The summed E-state index contributed by atoms with van der Waals surface area (Å²) in [6.07, 6.45) is 4.42. The van der Waals surface area contributed by atoms with Crippen molar-refractivity contribution in [1.29, 1.82) is 0 Å². The minimum atomic E-state index is -0.217. The molecular formula is C13H18ClNO. The Morgan fingerprint density at radius 3 is 2.50 bits per heavy atom. The summed E-state index contributed by atoms with van der Waals surface area (Å²) in [4.78, 5) is 0. The molecule has 2 nitrogen and oxygen atoms in total. The van der Waals surface area contributed by atoms with Crippen molar-refractivity contribution in [2.75, 3.05) is 7.11 Å². The maximum absolute atomic E-state index is 6.34. The van der Waals surface area contributed by atoms with E-state index in [-0.39, 0.29) is 11.6 Å². The van der Waals surface area contributed by atoms with Crippen LogP contribution in [0.25, 0.3) is 0 Å². The first-order chi connectivity index (χ1) is 7.69. The summed E-state index contributed by atoms with van der Waals surface area (Å²) in [5, 5.41) is 0.735. The molecule has 1 atom stereocenters. The van der Waals surface area contributed by atoms with Gasteiger partial charge in [0.15, 0.2) is 0 Å². The molecule has 3 heteroatoms. The highest BCUT2D eigenvalue weighted by molar-refractivity contribution is 6.31. The zero-order chi connectivity index (χ0) is 11.6. The van der Waals surface area contributed by atoms with Crippen LogP contribution in [0.15, 0.2) is 24.3 Å². The fourth-order valence-electron chi connectivity index (χ4n) is 2.63. The number of hydrogen-bond acceptors (Lipinski definition) is 2. The lowest BCUT2D eigenvalue weighted by atomic mass is 9.87. The van der Waals surface area contributed by atoms with Gasteiger partial charge in [-0.05, 0) is 24.5 Å². The van der Waals surface area contributed by atoms with E-state index in [0.717, 1.165) is 23.4 Å². The van der Waals surface area contributed by atoms with Gasteiger partial charge in [-0.3, -0.25) is 0 Å². The Kier molecular flexibility index (Phi) is 3.53. The number of rotatable bonds is 3. The normalized spacial score (nSPS) is 20.9. The van der Waals surface area contributed by atoms with Crippen LogP contribution in [0, 0.1) is 0 Å². The van der Waals surface area contributed by atoms with Crippen LogP contribution in [0.3, 0.4) is 0 Å². The van der Waals surface area contributed by atoms with E-state index in [2.05, 4.69) is 0 Å². The largest absolute Gasteiger partial charge is 0.376 e. The van der Waals surface area contributed by atoms with Crippen molar-refractivity contribution in [1.82, 2.24) is 0 Å². The van der Waals surface area contributed by atoms with Gasteiger partial charge in [0.25, 0.3) is 0 Å². The Hall–Kier alpha value is -0.570. The summed E-state index contributed by atoms with van der Waals surface area (Å²) in [7, 11) is 1.75. The van der Waals surface area contributed by atoms with Gasteiger partial charge in [-0.1, -0.05) is 42.6 Å². The number of ether oxygens (including phenoxy) is 1. The third kappa shape index (κ3) is 1.97. The highest BCUT2D eigenvalue weighted by Gasteiger charge is 2.40. The Labute approximate surface area is 102 Å². The van der Waals surface area contributed by atoms with Crippen LogP contribution in [0.1, 0.15) is 37.3 Å². The molecule has 2 rings (SSSR count). The summed E-state index contributed by atoms with van der Waals surface area (Å²) in [6, 6.07) is 7.64. The first-order valence-electron chi connectivity index (χ1n) is 5.75. The molecule has 1 aliphatic carbocycles. The van der Waals surface area contributed by atoms with Gasteiger partial charge < -0.3 is 10.5 Å². The van der Waals surface area contributed by atoms with Crippen LogP contribution < -0.4 is 5.73 Å². The van der Waals surface area contributed by atoms with Crippen LogP contribution in [-0.2, 0) is 4.74 Å². The van der Waals surface area contributed by atoms with E-state index >= 15 is 0 Å².